The highest BCUT2D eigenvalue weighted by Crippen LogP contribution is 2.00. The first-order valence-electron chi connectivity index (χ1n) is 4.81. The Labute approximate surface area is 90.5 Å². The van der Waals surface area contributed by atoms with Crippen LogP contribution in [0.5, 0.6) is 0 Å². The minimum Gasteiger partial charge on any atom is -0.345 e. The second-order valence-electron chi connectivity index (χ2n) is 3.36. The first-order chi connectivity index (χ1) is 7.20. The second kappa shape index (κ2) is 5.81. The summed E-state index contributed by atoms with van der Waals surface area (Å²) in [7, 11) is 3.46. The third kappa shape index (κ3) is 4.27. The Hall–Kier alpha value is -1.83. The number of rotatable bonds is 3. The van der Waals surface area contributed by atoms with Crippen LogP contribution in [0.3, 0.4) is 0 Å². The average Bonchev–Trinajstić information content (AvgIpc) is 2.25. The summed E-state index contributed by atoms with van der Waals surface area (Å²) in [5, 5.41) is 0. The first kappa shape index (κ1) is 11.2. The maximum absolute atomic E-state index is 11.2. The zero-order valence-electron chi connectivity index (χ0n) is 9.05. The summed E-state index contributed by atoms with van der Waals surface area (Å²) in [5.41, 5.74) is 1.12. The highest BCUT2D eigenvalue weighted by molar-refractivity contribution is 5.87. The molecule has 0 bridgehead atoms. The van der Waals surface area contributed by atoms with E-state index in [1.165, 1.54) is 4.90 Å². The number of allylic oxidation sites excluding steroid dienone is 2. The molecule has 1 aromatic rings. The zero-order valence-corrected chi connectivity index (χ0v) is 9.05. The van der Waals surface area contributed by atoms with E-state index in [9.17, 15) is 4.79 Å². The van der Waals surface area contributed by atoms with E-state index in [0.717, 1.165) is 5.56 Å². The quantitative estimate of drug-likeness (QED) is 0.543. The maximum Gasteiger partial charge on any atom is 0.246 e. The molecule has 0 aromatic heterocycles. The van der Waals surface area contributed by atoms with Crippen LogP contribution in [0.15, 0.2) is 48.6 Å². The molecule has 78 valence electrons. The maximum atomic E-state index is 11.2. The lowest BCUT2D eigenvalue weighted by Crippen LogP contribution is -2.18. The molecule has 1 amide bonds. The molecule has 1 rings (SSSR count). The van der Waals surface area contributed by atoms with Crippen molar-refractivity contribution in [3.8, 4) is 0 Å². The number of nitrogens with zero attached hydrogens (tertiary/aromatic N) is 1. The Morgan fingerprint density at radius 1 is 1.13 bits per heavy atom. The second-order valence-corrected chi connectivity index (χ2v) is 3.36. The van der Waals surface area contributed by atoms with Gasteiger partial charge in [0.25, 0.3) is 0 Å². The van der Waals surface area contributed by atoms with E-state index in [2.05, 4.69) is 0 Å². The van der Waals surface area contributed by atoms with Crippen LogP contribution in [-0.2, 0) is 4.79 Å². The fraction of sp³-hybridized carbons (Fsp3) is 0.154. The number of carbonyl (C=O) groups is 1. The van der Waals surface area contributed by atoms with Crippen LogP contribution in [0.2, 0.25) is 0 Å². The van der Waals surface area contributed by atoms with E-state index in [-0.39, 0.29) is 5.91 Å². The largest absolute Gasteiger partial charge is 0.345 e. The molecule has 2 heteroatoms. The van der Waals surface area contributed by atoms with Crippen molar-refractivity contribution in [2.24, 2.45) is 0 Å². The lowest BCUT2D eigenvalue weighted by atomic mass is 10.2. The summed E-state index contributed by atoms with van der Waals surface area (Å²) in [4.78, 5) is 12.7. The summed E-state index contributed by atoms with van der Waals surface area (Å²) in [6.45, 7) is 0. The number of benzene rings is 1. The Kier molecular flexibility index (Phi) is 4.35. The fourth-order valence-corrected chi connectivity index (χ4v) is 1.02. The summed E-state index contributed by atoms with van der Waals surface area (Å²) in [6.07, 6.45) is 7.10. The molecule has 0 atom stereocenters. The highest BCUT2D eigenvalue weighted by Gasteiger charge is 1.94. The highest BCUT2D eigenvalue weighted by atomic mass is 16.2. The zero-order chi connectivity index (χ0) is 11.1. The monoisotopic (exact) mass is 201 g/mol. The van der Waals surface area contributed by atoms with Gasteiger partial charge in [-0.1, -0.05) is 48.6 Å². The summed E-state index contributed by atoms with van der Waals surface area (Å²) < 4.78 is 0. The van der Waals surface area contributed by atoms with Crippen LogP contribution in [0.1, 0.15) is 5.56 Å². The molecule has 0 saturated heterocycles. The molecule has 0 aliphatic heterocycles. The number of hydrogen-bond donors (Lipinski definition) is 0. The van der Waals surface area contributed by atoms with E-state index in [1.807, 2.05) is 42.5 Å². The minimum atomic E-state index is -0.00675. The van der Waals surface area contributed by atoms with Crippen molar-refractivity contribution < 1.29 is 4.79 Å². The number of hydrogen-bond acceptors (Lipinski definition) is 1. The van der Waals surface area contributed by atoms with Gasteiger partial charge >= 0.3 is 0 Å². The van der Waals surface area contributed by atoms with Crippen LogP contribution in [0, 0.1) is 0 Å². The molecule has 0 heterocycles. The van der Waals surface area contributed by atoms with E-state index in [1.54, 1.807) is 26.2 Å². The van der Waals surface area contributed by atoms with Gasteiger partial charge in [0.05, 0.1) is 0 Å². The number of amides is 1. The van der Waals surface area contributed by atoms with Crippen LogP contribution in [0.25, 0.3) is 6.08 Å². The Balaban J connectivity index is 2.50. The molecule has 0 saturated carbocycles. The molecule has 1 aromatic carbocycles. The topological polar surface area (TPSA) is 20.3 Å². The van der Waals surface area contributed by atoms with Gasteiger partial charge in [-0.2, -0.15) is 0 Å². The van der Waals surface area contributed by atoms with Crippen molar-refractivity contribution in [3.63, 3.8) is 0 Å². The Bertz CT molecular complexity index is 363. The van der Waals surface area contributed by atoms with Gasteiger partial charge in [0, 0.05) is 20.2 Å². The van der Waals surface area contributed by atoms with Gasteiger partial charge < -0.3 is 4.90 Å². The van der Waals surface area contributed by atoms with E-state index < -0.39 is 0 Å². The smallest absolute Gasteiger partial charge is 0.246 e. The molecule has 0 unspecified atom stereocenters. The molecule has 0 aliphatic rings. The molecule has 0 aliphatic carbocycles. The average molecular weight is 201 g/mol. The summed E-state index contributed by atoms with van der Waals surface area (Å²) in [5.74, 6) is -0.00675. The normalized spacial score (nSPS) is 11.1. The molecular formula is C13H15NO. The SMILES string of the molecule is CN(C)C(=O)/C=C/C=C/c1ccccc1. The molecular weight excluding hydrogens is 186 g/mol. The van der Waals surface area contributed by atoms with E-state index >= 15 is 0 Å². The van der Waals surface area contributed by atoms with Gasteiger partial charge in [-0.15, -0.1) is 0 Å². The van der Waals surface area contributed by atoms with Gasteiger partial charge in [-0.25, -0.2) is 0 Å². The van der Waals surface area contributed by atoms with Gasteiger partial charge in [-0.3, -0.25) is 4.79 Å². The van der Waals surface area contributed by atoms with Crippen molar-refractivity contribution in [1.29, 1.82) is 0 Å². The molecule has 15 heavy (non-hydrogen) atoms. The number of likely N-dealkylation sites (N-methyl/N-ethyl adjacent to an activating group) is 1. The predicted octanol–water partition coefficient (Wildman–Crippen LogP) is 2.34. The van der Waals surface area contributed by atoms with Crippen LogP contribution in [0.4, 0.5) is 0 Å². The molecule has 0 radical (unpaired) electrons. The van der Waals surface area contributed by atoms with Gasteiger partial charge in [-0.05, 0) is 5.56 Å². The van der Waals surface area contributed by atoms with Gasteiger partial charge in [0.1, 0.15) is 0 Å². The summed E-state index contributed by atoms with van der Waals surface area (Å²) in [6, 6.07) is 9.96. The first-order valence-corrected chi connectivity index (χ1v) is 4.81. The third-order valence-corrected chi connectivity index (χ3v) is 1.88. The lowest BCUT2D eigenvalue weighted by Gasteiger charge is -2.04. The van der Waals surface area contributed by atoms with Crippen molar-refractivity contribution in [2.75, 3.05) is 14.1 Å². The van der Waals surface area contributed by atoms with Crippen molar-refractivity contribution in [2.45, 2.75) is 0 Å². The van der Waals surface area contributed by atoms with Crippen molar-refractivity contribution in [1.82, 2.24) is 4.90 Å². The standard InChI is InChI=1S/C13H15NO/c1-14(2)13(15)11-7-6-10-12-8-4-3-5-9-12/h3-11H,1-2H3/b10-6+,11-7+. The predicted molar refractivity (Wildman–Crippen MR) is 63.3 cm³/mol. The van der Waals surface area contributed by atoms with Crippen LogP contribution in [-0.4, -0.2) is 24.9 Å². The van der Waals surface area contributed by atoms with Crippen molar-refractivity contribution >= 4 is 12.0 Å². The van der Waals surface area contributed by atoms with Crippen LogP contribution >= 0.6 is 0 Å². The summed E-state index contributed by atoms with van der Waals surface area (Å²) >= 11 is 0. The van der Waals surface area contributed by atoms with Crippen molar-refractivity contribution in [3.05, 3.63) is 54.1 Å². The molecule has 0 N–H and O–H groups in total. The molecule has 0 fully saturated rings. The van der Waals surface area contributed by atoms with E-state index in [0.29, 0.717) is 0 Å². The van der Waals surface area contributed by atoms with E-state index in [4.69, 9.17) is 0 Å². The van der Waals surface area contributed by atoms with Gasteiger partial charge in [0.15, 0.2) is 0 Å². The fourth-order valence-electron chi connectivity index (χ4n) is 1.02. The third-order valence-electron chi connectivity index (χ3n) is 1.88. The number of carbonyl (C=O) groups excluding carboxylic acids is 1. The Morgan fingerprint density at radius 3 is 2.40 bits per heavy atom. The Morgan fingerprint density at radius 2 is 1.80 bits per heavy atom. The molecule has 2 nitrogen and oxygen atoms in total. The van der Waals surface area contributed by atoms with Crippen LogP contribution < -0.4 is 0 Å². The lowest BCUT2D eigenvalue weighted by molar-refractivity contribution is -0.123. The van der Waals surface area contributed by atoms with Gasteiger partial charge in [0.2, 0.25) is 5.91 Å². The minimum absolute atomic E-state index is 0.00675. The molecule has 0 spiro atoms.